The van der Waals surface area contributed by atoms with Crippen LogP contribution in [0.15, 0.2) is 91.0 Å². The van der Waals surface area contributed by atoms with Crippen LogP contribution in [0.2, 0.25) is 0 Å². The molecule has 7 unspecified atom stereocenters. The van der Waals surface area contributed by atoms with E-state index < -0.39 is 242 Å². The quantitative estimate of drug-likeness (QED) is 0.0223. The van der Waals surface area contributed by atoms with E-state index in [-0.39, 0.29) is 52.3 Å². The van der Waals surface area contributed by atoms with Gasteiger partial charge in [0.2, 0.25) is 0 Å². The highest BCUT2D eigenvalue weighted by Gasteiger charge is 2.53. The first kappa shape index (κ1) is 86.8. The highest BCUT2D eigenvalue weighted by Crippen LogP contribution is 2.39. The first-order chi connectivity index (χ1) is 50.4. The summed E-state index contributed by atoms with van der Waals surface area (Å²) in [6.07, 6.45) is -18.2. The van der Waals surface area contributed by atoms with Gasteiger partial charge in [0, 0.05) is 31.6 Å². The fraction of sp³-hybridized carbons (Fsp3) is 0.677. The van der Waals surface area contributed by atoms with Crippen molar-refractivity contribution in [1.82, 2.24) is 14.2 Å². The molecular weight excluding hydrogens is 1560 g/mol. The van der Waals surface area contributed by atoms with E-state index in [0.717, 1.165) is 5.56 Å². The van der Waals surface area contributed by atoms with E-state index in [0.29, 0.717) is 24.0 Å². The van der Waals surface area contributed by atoms with Crippen molar-refractivity contribution >= 4 is 62.1 Å². The Bertz CT molecular complexity index is 4030. The largest absolute Gasteiger partial charge is 0.397 e. The molecule has 0 radical (unpaired) electrons. The van der Waals surface area contributed by atoms with Gasteiger partial charge in [-0.05, 0) is 41.4 Å². The molecule has 6 fully saturated rings. The molecule has 107 heavy (non-hydrogen) atoms. The third-order valence-electron chi connectivity index (χ3n) is 18.3. The Morgan fingerprint density at radius 3 is 1.24 bits per heavy atom. The minimum Gasteiger partial charge on any atom is -0.371 e. The highest BCUT2D eigenvalue weighted by molar-refractivity contribution is 7.84. The van der Waals surface area contributed by atoms with E-state index in [4.69, 9.17) is 85.8 Å². The zero-order chi connectivity index (χ0) is 77.5. The van der Waals surface area contributed by atoms with Crippen LogP contribution in [0.3, 0.4) is 0 Å². The molecule has 0 amide bonds. The van der Waals surface area contributed by atoms with Gasteiger partial charge in [0.25, 0.3) is 0 Å². The topological polar surface area (TPSA) is 528 Å². The van der Waals surface area contributed by atoms with Crippen LogP contribution in [0.4, 0.5) is 0 Å². The van der Waals surface area contributed by atoms with Crippen molar-refractivity contribution in [2.45, 2.75) is 202 Å². The van der Waals surface area contributed by atoms with Crippen molar-refractivity contribution in [2.75, 3.05) is 46.2 Å². The molecule has 0 aromatic heterocycles. The van der Waals surface area contributed by atoms with E-state index in [1.165, 1.54) is 6.92 Å². The minimum atomic E-state index is -5.29. The number of hydrogen-bond acceptors (Lipinski definition) is 30. The average molecular weight is 1640 g/mol. The second-order valence-corrected chi connectivity index (χ2v) is 32.8. The first-order valence-corrected chi connectivity index (χ1v) is 42.0. The lowest BCUT2D eigenvalue weighted by atomic mass is 9.82. The molecule has 0 spiro atoms. The Kier molecular flexibility index (Phi) is 31.7. The molecule has 3 aromatic carbocycles. The number of benzene rings is 3. The molecule has 9 rings (SSSR count). The van der Waals surface area contributed by atoms with Gasteiger partial charge in [-0.2, -0.15) is 64.7 Å². The number of hydrogen-bond donors (Lipinski definition) is 9. The van der Waals surface area contributed by atoms with E-state index in [2.05, 4.69) is 19.5 Å². The summed E-state index contributed by atoms with van der Waals surface area (Å²) in [5, 5.41) is 0. The smallest absolute Gasteiger partial charge is 0.371 e. The van der Waals surface area contributed by atoms with E-state index in [1.54, 1.807) is 86.6 Å². The molecule has 6 aliphatic heterocycles. The Morgan fingerprint density at radius 2 is 0.804 bits per heavy atom. The highest BCUT2D eigenvalue weighted by atomic mass is 32.3. The summed E-state index contributed by atoms with van der Waals surface area (Å²) >= 11 is 0. The zero-order valence-corrected chi connectivity index (χ0v) is 62.6. The van der Waals surface area contributed by atoms with Crippen molar-refractivity contribution in [1.29, 1.82) is 0 Å². The number of nitrogens with one attached hydrogen (secondary N) is 3. The maximum atomic E-state index is 12.9. The summed E-state index contributed by atoms with van der Waals surface area (Å²) in [4.78, 5) is 0. The second-order valence-electron chi connectivity index (χ2n) is 26.0. The molecule has 604 valence electrons. The van der Waals surface area contributed by atoms with Gasteiger partial charge in [-0.1, -0.05) is 112 Å². The van der Waals surface area contributed by atoms with Crippen LogP contribution < -0.4 is 14.2 Å². The summed E-state index contributed by atoms with van der Waals surface area (Å²) in [6.45, 7) is 0.459. The van der Waals surface area contributed by atoms with Crippen molar-refractivity contribution in [3.63, 3.8) is 0 Å². The standard InChI is InChI=1S/C62H89N3O36S6/c1-5-6-16-23-84-54-25-44(85-28-40-17-10-7-11-18-40)50(31-88-54)99-62-58(65-104(72,73)74)39(4)59(53(100-62)36-93-107(81,82)83)101-56-27-46(87-30-42-21-14-9-15-22-42)49(32-90-56)96-60-43(63-102(66,67)68)24-47(52(97-60)35-92-106(78,79)80)94-55-26-45(86-29-41-19-12-8-13-20-41)51(33-89-55)98-61-57(64-103(69,70)71)38(3)37(2)48(95-61)34-91-105(75,76)77/h1,7-15,17-22,37-39,43-65H,6,16,23-36H2,2-4H3,(H,66,67,68)(H,69,70,71)(H,72,73,74)(H,75,76,77)(H,78,79,80)(H,81,82,83)/t37-,38-,39+,43?,44-,45-,46-,47-,48?,49+,50+,51?,52?,53?,54+,55-,56-,57?,58?,59-,60+,61-,62+/m0/s1. The van der Waals surface area contributed by atoms with Gasteiger partial charge in [-0.3, -0.25) is 27.3 Å². The maximum absolute atomic E-state index is 12.9. The van der Waals surface area contributed by atoms with Crippen molar-refractivity contribution < 1.29 is 161 Å². The van der Waals surface area contributed by atoms with Crippen molar-refractivity contribution in [3.8, 4) is 12.3 Å². The van der Waals surface area contributed by atoms with E-state index in [9.17, 15) is 77.8 Å². The predicted molar refractivity (Wildman–Crippen MR) is 363 cm³/mol. The van der Waals surface area contributed by atoms with Crippen LogP contribution in [0, 0.1) is 30.1 Å². The fourth-order valence-electron chi connectivity index (χ4n) is 12.9. The number of rotatable bonds is 38. The third kappa shape index (κ3) is 28.5. The van der Waals surface area contributed by atoms with Crippen molar-refractivity contribution in [2.24, 2.45) is 17.8 Å². The van der Waals surface area contributed by atoms with Gasteiger partial charge >= 0.3 is 62.1 Å². The Balaban J connectivity index is 0.953. The average Bonchev–Trinajstić information content (AvgIpc) is 0.786. The first-order valence-electron chi connectivity index (χ1n) is 33.6. The summed E-state index contributed by atoms with van der Waals surface area (Å²) in [5.41, 5.74) is 2.02. The summed E-state index contributed by atoms with van der Waals surface area (Å²) < 4.78 is 323. The zero-order valence-electron chi connectivity index (χ0n) is 57.7. The number of terminal acetylenes is 1. The predicted octanol–water partition coefficient (Wildman–Crippen LogP) is 1.55. The molecule has 0 saturated carbocycles. The molecule has 39 nitrogen and oxygen atoms in total. The fourth-order valence-corrected chi connectivity index (χ4v) is 15.7. The van der Waals surface area contributed by atoms with Crippen LogP contribution in [0.5, 0.6) is 0 Å². The lowest BCUT2D eigenvalue weighted by Crippen LogP contribution is -2.64. The van der Waals surface area contributed by atoms with Crippen LogP contribution in [-0.4, -0.2) is 247 Å². The van der Waals surface area contributed by atoms with Gasteiger partial charge in [0.05, 0.1) is 121 Å². The normalized spacial score (nSPS) is 33.7. The monoisotopic (exact) mass is 1640 g/mol. The van der Waals surface area contributed by atoms with Gasteiger partial charge in [0.1, 0.15) is 30.5 Å². The Hall–Kier alpha value is -4.16. The minimum absolute atomic E-state index is 0.0660. The van der Waals surface area contributed by atoms with Crippen LogP contribution in [0.25, 0.3) is 0 Å². The molecule has 6 heterocycles. The third-order valence-corrected chi connectivity index (χ3v) is 21.3. The molecule has 6 aliphatic rings. The van der Waals surface area contributed by atoms with E-state index in [1.807, 2.05) is 22.9 Å². The van der Waals surface area contributed by atoms with Crippen molar-refractivity contribution in [3.05, 3.63) is 108 Å². The Labute approximate surface area is 620 Å². The molecule has 9 N–H and O–H groups in total. The number of unbranched alkanes of at least 4 members (excludes halogenated alkanes) is 1. The van der Waals surface area contributed by atoms with Gasteiger partial charge in [-0.15, -0.1) is 12.3 Å². The van der Waals surface area contributed by atoms with Gasteiger partial charge in [0.15, 0.2) is 37.7 Å². The van der Waals surface area contributed by atoms with Gasteiger partial charge < -0.3 is 71.1 Å². The maximum Gasteiger partial charge on any atom is 0.397 e. The second kappa shape index (κ2) is 39.1. The summed E-state index contributed by atoms with van der Waals surface area (Å²) in [5.74, 6) is -0.189. The van der Waals surface area contributed by atoms with E-state index >= 15 is 0 Å². The molecule has 23 atom stereocenters. The molecule has 3 aromatic rings. The molecule has 45 heteroatoms. The lowest BCUT2D eigenvalue weighted by Gasteiger charge is -2.48. The van der Waals surface area contributed by atoms with Crippen LogP contribution >= 0.6 is 0 Å². The van der Waals surface area contributed by atoms with Crippen LogP contribution in [-0.2, 0) is 166 Å². The molecular formula is C62H89N3O36S6. The van der Waals surface area contributed by atoms with Gasteiger partial charge in [-0.25, -0.2) is 12.5 Å². The molecule has 0 bridgehead atoms. The molecule has 6 saturated heterocycles. The SMILES string of the molecule is C#CCCCO[C@H]1C[C@H](OCc2ccccc2)[C@H](O[C@@H]2OC(COS(=O)(=O)O)[C@@H](O[C@H]3C[C@H](OCc4ccccc4)[C@H](O[C@@H]4OC(COS(=O)(=O)O)[C@@H](O[C@H]5C[C@H](OCc6ccccc6)C(O[C@@H]6OC(COS(=O)(=O)O)[C@@H](C)[C@H](C)C6NS(=O)(=O)O)CO5)CC4NS(=O)(=O)O)CO3)[C@H](C)C2NS(=O)(=O)O)CO1. The van der Waals surface area contributed by atoms with Crippen LogP contribution in [0.1, 0.15) is 76.0 Å². The summed E-state index contributed by atoms with van der Waals surface area (Å²) in [6, 6.07) is 21.6. The lowest BCUT2D eigenvalue weighted by molar-refractivity contribution is -0.340. The summed E-state index contributed by atoms with van der Waals surface area (Å²) in [7, 11) is -30.9. The Morgan fingerprint density at radius 1 is 0.421 bits per heavy atom. The molecule has 0 aliphatic carbocycles. The number of ether oxygens (including phenoxy) is 15.